The molecule has 0 N–H and O–H groups in total. The molecule has 0 aliphatic heterocycles. The van der Waals surface area contributed by atoms with E-state index < -0.39 is 23.0 Å². The van der Waals surface area contributed by atoms with Gasteiger partial charge in [0.05, 0.1) is 5.92 Å². The molecule has 0 saturated heterocycles. The van der Waals surface area contributed by atoms with Crippen molar-refractivity contribution in [3.63, 3.8) is 0 Å². The van der Waals surface area contributed by atoms with Crippen LogP contribution in [0, 0.1) is 5.41 Å². The van der Waals surface area contributed by atoms with Crippen molar-refractivity contribution in [3.8, 4) is 0 Å². The lowest BCUT2D eigenvalue weighted by Gasteiger charge is -2.03. The predicted molar refractivity (Wildman–Crippen MR) is 52.9 cm³/mol. The van der Waals surface area contributed by atoms with E-state index in [4.69, 9.17) is 0 Å². The third-order valence-corrected chi connectivity index (χ3v) is 3.41. The van der Waals surface area contributed by atoms with E-state index in [2.05, 4.69) is 0 Å². The van der Waals surface area contributed by atoms with E-state index in [1.165, 1.54) is 13.8 Å². The molecule has 1 nitrogen and oxygen atoms in total. The second-order valence-electron chi connectivity index (χ2n) is 4.23. The molecule has 0 aromatic heterocycles. The number of benzene rings is 1. The fourth-order valence-electron chi connectivity index (χ4n) is 2.16. The van der Waals surface area contributed by atoms with Gasteiger partial charge in [0.25, 0.3) is 5.92 Å². The van der Waals surface area contributed by atoms with Gasteiger partial charge >= 0.3 is 0 Å². The highest BCUT2D eigenvalue weighted by Crippen LogP contribution is 2.71. The standard InChI is InChI=1S/C12H12F2O/c1-8(15)11(2)10(12(11,13)14)9-6-4-3-5-7-9/h3-7,10H,1-2H3/t10-,11-/m0/s1. The molecule has 1 aliphatic carbocycles. The normalized spacial score (nSPS) is 32.4. The molecule has 3 heteroatoms. The summed E-state index contributed by atoms with van der Waals surface area (Å²) in [4.78, 5) is 11.2. The molecule has 2 rings (SSSR count). The third kappa shape index (κ3) is 1.15. The largest absolute Gasteiger partial charge is 0.299 e. The lowest BCUT2D eigenvalue weighted by atomic mass is 9.97. The van der Waals surface area contributed by atoms with Crippen LogP contribution in [-0.4, -0.2) is 11.7 Å². The van der Waals surface area contributed by atoms with Gasteiger partial charge in [0.15, 0.2) is 0 Å². The zero-order chi connectivity index (χ0) is 11.3. The number of hydrogen-bond donors (Lipinski definition) is 0. The van der Waals surface area contributed by atoms with Gasteiger partial charge < -0.3 is 0 Å². The Labute approximate surface area is 87.1 Å². The highest BCUT2D eigenvalue weighted by Gasteiger charge is 2.80. The smallest absolute Gasteiger partial charge is 0.268 e. The molecule has 15 heavy (non-hydrogen) atoms. The Bertz CT molecular complexity index is 399. The number of alkyl halides is 2. The monoisotopic (exact) mass is 210 g/mol. The van der Waals surface area contributed by atoms with Crippen LogP contribution in [0.15, 0.2) is 30.3 Å². The van der Waals surface area contributed by atoms with Crippen molar-refractivity contribution in [2.24, 2.45) is 5.41 Å². The van der Waals surface area contributed by atoms with Crippen molar-refractivity contribution in [2.75, 3.05) is 0 Å². The number of halogens is 2. The van der Waals surface area contributed by atoms with Crippen LogP contribution < -0.4 is 0 Å². The number of ketones is 1. The fraction of sp³-hybridized carbons (Fsp3) is 0.417. The van der Waals surface area contributed by atoms with Crippen molar-refractivity contribution < 1.29 is 13.6 Å². The minimum absolute atomic E-state index is 0.443. The summed E-state index contributed by atoms with van der Waals surface area (Å²) in [5, 5.41) is 0. The van der Waals surface area contributed by atoms with Crippen molar-refractivity contribution in [3.05, 3.63) is 35.9 Å². The number of carbonyl (C=O) groups is 1. The van der Waals surface area contributed by atoms with Gasteiger partial charge in [-0.3, -0.25) is 4.79 Å². The molecule has 0 bridgehead atoms. The average Bonchev–Trinajstić information content (AvgIpc) is 2.64. The van der Waals surface area contributed by atoms with Gasteiger partial charge in [0, 0.05) is 0 Å². The van der Waals surface area contributed by atoms with Crippen LogP contribution in [0.2, 0.25) is 0 Å². The van der Waals surface area contributed by atoms with E-state index in [1.807, 2.05) is 0 Å². The molecule has 0 radical (unpaired) electrons. The number of Topliss-reactive ketones (excluding diaryl/α,β-unsaturated/α-hetero) is 1. The van der Waals surface area contributed by atoms with E-state index in [1.54, 1.807) is 30.3 Å². The van der Waals surface area contributed by atoms with Crippen molar-refractivity contribution >= 4 is 5.78 Å². The summed E-state index contributed by atoms with van der Waals surface area (Å²) in [5.41, 5.74) is -0.964. The molecule has 1 saturated carbocycles. The van der Waals surface area contributed by atoms with Crippen LogP contribution in [0.3, 0.4) is 0 Å². The Morgan fingerprint density at radius 1 is 1.27 bits per heavy atom. The van der Waals surface area contributed by atoms with Gasteiger partial charge in [-0.05, 0) is 19.4 Å². The summed E-state index contributed by atoms with van der Waals surface area (Å²) in [5.74, 6) is -4.30. The molecule has 80 valence electrons. The van der Waals surface area contributed by atoms with Crippen LogP contribution >= 0.6 is 0 Å². The maximum atomic E-state index is 13.6. The van der Waals surface area contributed by atoms with Crippen LogP contribution in [-0.2, 0) is 4.79 Å². The lowest BCUT2D eigenvalue weighted by Crippen LogP contribution is -2.15. The zero-order valence-corrected chi connectivity index (χ0v) is 8.63. The summed E-state index contributed by atoms with van der Waals surface area (Å²) in [6.07, 6.45) is 0. The summed E-state index contributed by atoms with van der Waals surface area (Å²) in [6, 6.07) is 8.49. The van der Waals surface area contributed by atoms with E-state index in [9.17, 15) is 13.6 Å². The minimum Gasteiger partial charge on any atom is -0.299 e. The van der Waals surface area contributed by atoms with Gasteiger partial charge in [-0.2, -0.15) is 0 Å². The molecule has 1 aliphatic rings. The summed E-state index contributed by atoms with van der Waals surface area (Å²) >= 11 is 0. The number of hydrogen-bond acceptors (Lipinski definition) is 1. The van der Waals surface area contributed by atoms with Crippen molar-refractivity contribution in [1.29, 1.82) is 0 Å². The maximum absolute atomic E-state index is 13.6. The SMILES string of the molecule is CC(=O)[C@@]1(C)[C@H](c2ccccc2)C1(F)F. The summed E-state index contributed by atoms with van der Waals surface area (Å²) in [6.45, 7) is 2.57. The van der Waals surface area contributed by atoms with E-state index >= 15 is 0 Å². The quantitative estimate of drug-likeness (QED) is 0.733. The molecule has 0 unspecified atom stereocenters. The molecule has 1 fully saturated rings. The van der Waals surface area contributed by atoms with Gasteiger partial charge in [-0.15, -0.1) is 0 Å². The number of carbonyl (C=O) groups excluding carboxylic acids is 1. The average molecular weight is 210 g/mol. The van der Waals surface area contributed by atoms with Crippen LogP contribution in [0.4, 0.5) is 8.78 Å². The Morgan fingerprint density at radius 2 is 1.80 bits per heavy atom. The van der Waals surface area contributed by atoms with Crippen LogP contribution in [0.1, 0.15) is 25.3 Å². The highest BCUT2D eigenvalue weighted by atomic mass is 19.3. The molecular weight excluding hydrogens is 198 g/mol. The van der Waals surface area contributed by atoms with Gasteiger partial charge in [-0.1, -0.05) is 30.3 Å². The Balaban J connectivity index is 2.39. The van der Waals surface area contributed by atoms with Crippen molar-refractivity contribution in [1.82, 2.24) is 0 Å². The van der Waals surface area contributed by atoms with Crippen LogP contribution in [0.25, 0.3) is 0 Å². The molecule has 0 spiro atoms. The predicted octanol–water partition coefficient (Wildman–Crippen LogP) is 3.01. The van der Waals surface area contributed by atoms with E-state index in [-0.39, 0.29) is 0 Å². The first-order valence-corrected chi connectivity index (χ1v) is 4.86. The molecule has 1 aromatic carbocycles. The summed E-state index contributed by atoms with van der Waals surface area (Å²) in [7, 11) is 0. The van der Waals surface area contributed by atoms with E-state index in [0.717, 1.165) is 0 Å². The van der Waals surface area contributed by atoms with Crippen LogP contribution in [0.5, 0.6) is 0 Å². The topological polar surface area (TPSA) is 17.1 Å². The zero-order valence-electron chi connectivity index (χ0n) is 8.63. The molecule has 2 atom stereocenters. The lowest BCUT2D eigenvalue weighted by molar-refractivity contribution is -0.124. The Hall–Kier alpha value is -1.25. The first-order chi connectivity index (χ1) is 6.92. The second-order valence-corrected chi connectivity index (χ2v) is 4.23. The van der Waals surface area contributed by atoms with Gasteiger partial charge in [0.2, 0.25) is 0 Å². The minimum atomic E-state index is -2.90. The molecular formula is C12H12F2O. The number of rotatable bonds is 2. The second kappa shape index (κ2) is 2.87. The molecule has 0 heterocycles. The first kappa shape index (κ1) is 10.3. The first-order valence-electron chi connectivity index (χ1n) is 4.86. The molecule has 1 aromatic rings. The van der Waals surface area contributed by atoms with Gasteiger partial charge in [-0.25, -0.2) is 8.78 Å². The van der Waals surface area contributed by atoms with E-state index in [0.29, 0.717) is 5.56 Å². The molecule has 0 amide bonds. The summed E-state index contributed by atoms with van der Waals surface area (Å²) < 4.78 is 27.1. The Kier molecular flexibility index (Phi) is 1.97. The van der Waals surface area contributed by atoms with Crippen molar-refractivity contribution in [2.45, 2.75) is 25.7 Å². The Morgan fingerprint density at radius 3 is 2.20 bits per heavy atom. The van der Waals surface area contributed by atoms with Gasteiger partial charge in [0.1, 0.15) is 11.2 Å². The maximum Gasteiger partial charge on any atom is 0.268 e. The highest BCUT2D eigenvalue weighted by molar-refractivity contribution is 5.89. The fourth-order valence-corrected chi connectivity index (χ4v) is 2.16. The third-order valence-electron chi connectivity index (χ3n) is 3.41.